The molecule has 4 aromatic rings. The van der Waals surface area contributed by atoms with Gasteiger partial charge in [-0.05, 0) is 55.0 Å². The molecule has 0 bridgehead atoms. The fraction of sp³-hybridized carbons (Fsp3) is 0.111. The number of hydrogen-bond acceptors (Lipinski definition) is 2. The van der Waals surface area contributed by atoms with E-state index in [9.17, 15) is 0 Å². The Kier molecular flexibility index (Phi) is 6.63. The average Bonchev–Trinajstić information content (AvgIpc) is 2.82. The third-order valence-electron chi connectivity index (χ3n) is 5.14. The van der Waals surface area contributed by atoms with Gasteiger partial charge in [0.2, 0.25) is 0 Å². The smallest absolute Gasteiger partial charge is 0.111 e. The molecule has 3 heteroatoms. The normalized spacial score (nSPS) is 10.7. The van der Waals surface area contributed by atoms with E-state index >= 15 is 0 Å². The molecule has 0 atom stereocenters. The van der Waals surface area contributed by atoms with Crippen LogP contribution >= 0.6 is 0 Å². The third-order valence-corrected chi connectivity index (χ3v) is 5.42. The van der Waals surface area contributed by atoms with E-state index in [1.165, 1.54) is 22.7 Å². The zero-order valence-corrected chi connectivity index (χ0v) is 17.9. The maximum Gasteiger partial charge on any atom is 0.111 e. The molecule has 0 aromatic heterocycles. The van der Waals surface area contributed by atoms with Crippen LogP contribution in [0.4, 0.5) is 22.7 Å². The first-order valence-corrected chi connectivity index (χ1v) is 11.0. The zero-order chi connectivity index (χ0) is 20.6. The molecule has 0 saturated heterocycles. The summed E-state index contributed by atoms with van der Waals surface area (Å²) >= 11 is 0. The summed E-state index contributed by atoms with van der Waals surface area (Å²) in [5, 5.41) is 0. The Bertz CT molecular complexity index is 846. The van der Waals surface area contributed by atoms with Crippen molar-refractivity contribution in [2.45, 2.75) is 18.6 Å². The maximum absolute atomic E-state index is 3.78. The van der Waals surface area contributed by atoms with Crippen LogP contribution in [0.25, 0.3) is 0 Å². The molecular formula is C27H25N2Si. The second kappa shape index (κ2) is 9.95. The minimum Gasteiger partial charge on any atom is -0.320 e. The fourth-order valence-corrected chi connectivity index (χ4v) is 4.10. The number of anilines is 4. The van der Waals surface area contributed by atoms with Gasteiger partial charge in [-0.1, -0.05) is 78.8 Å². The molecule has 0 aliphatic carbocycles. The Morgan fingerprint density at radius 1 is 0.467 bits per heavy atom. The highest BCUT2D eigenvalue weighted by atomic mass is 28.1. The molecule has 0 fully saturated rings. The van der Waals surface area contributed by atoms with Gasteiger partial charge in [-0.15, -0.1) is 0 Å². The minimum atomic E-state index is 0.0806. The van der Waals surface area contributed by atoms with Crippen LogP contribution in [0.3, 0.4) is 0 Å². The van der Waals surface area contributed by atoms with Gasteiger partial charge in [-0.3, -0.25) is 0 Å². The molecule has 3 radical (unpaired) electrons. The van der Waals surface area contributed by atoms with Crippen LogP contribution in [0, 0.1) is 0 Å². The monoisotopic (exact) mass is 405 g/mol. The molecule has 0 spiro atoms. The van der Waals surface area contributed by atoms with Crippen LogP contribution in [-0.2, 0) is 0 Å². The predicted octanol–water partition coefficient (Wildman–Crippen LogP) is 6.97. The van der Waals surface area contributed by atoms with E-state index in [2.05, 4.69) is 141 Å². The first-order chi connectivity index (χ1) is 14.9. The van der Waals surface area contributed by atoms with Gasteiger partial charge in [0, 0.05) is 33.0 Å². The summed E-state index contributed by atoms with van der Waals surface area (Å²) in [6.07, 6.45) is 1.02. The zero-order valence-electron chi connectivity index (χ0n) is 16.9. The van der Waals surface area contributed by atoms with Gasteiger partial charge in [-0.2, -0.15) is 0 Å². The summed E-state index contributed by atoms with van der Waals surface area (Å²) < 4.78 is 0. The summed E-state index contributed by atoms with van der Waals surface area (Å²) in [5.74, 6) is 0. The highest BCUT2D eigenvalue weighted by Crippen LogP contribution is 2.37. The summed E-state index contributed by atoms with van der Waals surface area (Å²) in [6.45, 7) is 0. The summed E-state index contributed by atoms with van der Waals surface area (Å²) in [6, 6.07) is 43.4. The number of para-hydroxylation sites is 4. The van der Waals surface area contributed by atoms with E-state index in [1.807, 2.05) is 0 Å². The second-order valence-corrected chi connectivity index (χ2v) is 7.60. The van der Waals surface area contributed by atoms with Gasteiger partial charge in [0.25, 0.3) is 0 Å². The largest absolute Gasteiger partial charge is 0.320 e. The highest BCUT2D eigenvalue weighted by molar-refractivity contribution is 6.08. The molecule has 0 N–H and O–H groups in total. The quantitative estimate of drug-likeness (QED) is 0.231. The van der Waals surface area contributed by atoms with Crippen LogP contribution in [0.1, 0.15) is 6.42 Å². The van der Waals surface area contributed by atoms with Crippen LogP contribution in [0.5, 0.6) is 0 Å². The lowest BCUT2D eigenvalue weighted by atomic mass is 10.1. The molecule has 0 unspecified atom stereocenters. The second-order valence-electron chi connectivity index (χ2n) is 7.10. The number of hydrogen-bond donors (Lipinski definition) is 0. The van der Waals surface area contributed by atoms with Crippen molar-refractivity contribution in [3.63, 3.8) is 0 Å². The van der Waals surface area contributed by atoms with Gasteiger partial charge in [0.05, 0.1) is 0 Å². The van der Waals surface area contributed by atoms with Crippen molar-refractivity contribution in [2.24, 2.45) is 0 Å². The van der Waals surface area contributed by atoms with Gasteiger partial charge in [0.1, 0.15) is 6.17 Å². The molecule has 30 heavy (non-hydrogen) atoms. The lowest BCUT2D eigenvalue weighted by Gasteiger charge is -2.42. The Hall–Kier alpha value is -3.30. The highest BCUT2D eigenvalue weighted by Gasteiger charge is 2.28. The molecule has 0 heterocycles. The van der Waals surface area contributed by atoms with Crippen molar-refractivity contribution >= 4 is 33.0 Å². The van der Waals surface area contributed by atoms with Crippen molar-refractivity contribution in [1.82, 2.24) is 0 Å². The maximum atomic E-state index is 3.78. The number of rotatable bonds is 8. The molecule has 4 rings (SSSR count). The molecular weight excluding hydrogens is 380 g/mol. The molecule has 0 aliphatic rings. The summed E-state index contributed by atoms with van der Waals surface area (Å²) in [5.41, 5.74) is 4.69. The number of nitrogens with zero attached hydrogens (tertiary/aromatic N) is 2. The minimum absolute atomic E-state index is 0.0806. The van der Waals surface area contributed by atoms with E-state index in [0.29, 0.717) is 0 Å². The van der Waals surface area contributed by atoms with E-state index in [1.54, 1.807) is 0 Å². The Balaban J connectivity index is 1.89. The molecule has 0 aliphatic heterocycles. The van der Waals surface area contributed by atoms with Crippen LogP contribution < -0.4 is 9.80 Å². The summed E-state index contributed by atoms with van der Waals surface area (Å²) in [4.78, 5) is 4.86. The molecule has 0 saturated carbocycles. The SMILES string of the molecule is [Si]CCC(N(c1ccccc1)c1ccccc1)N(c1ccccc1)c1ccccc1. The standard InChI is InChI=1S/C27H25N2Si/c30-22-21-27(28(23-13-5-1-6-14-23)24-15-7-2-8-16-24)29(25-17-9-3-10-18-25)26-19-11-4-12-20-26/h1-20,27H,21-22H2. The van der Waals surface area contributed by atoms with Crippen molar-refractivity contribution in [3.05, 3.63) is 121 Å². The van der Waals surface area contributed by atoms with Gasteiger partial charge < -0.3 is 9.80 Å². The molecule has 4 aromatic carbocycles. The van der Waals surface area contributed by atoms with Gasteiger partial charge in [-0.25, -0.2) is 0 Å². The van der Waals surface area contributed by atoms with Gasteiger partial charge >= 0.3 is 0 Å². The van der Waals surface area contributed by atoms with E-state index in [0.717, 1.165) is 12.5 Å². The van der Waals surface area contributed by atoms with E-state index in [4.69, 9.17) is 0 Å². The van der Waals surface area contributed by atoms with Crippen molar-refractivity contribution < 1.29 is 0 Å². The lowest BCUT2D eigenvalue weighted by Crippen LogP contribution is -2.44. The lowest BCUT2D eigenvalue weighted by molar-refractivity contribution is 0.637. The Morgan fingerprint density at radius 3 is 0.967 bits per heavy atom. The third kappa shape index (κ3) is 4.47. The van der Waals surface area contributed by atoms with E-state index < -0.39 is 0 Å². The van der Waals surface area contributed by atoms with Crippen molar-refractivity contribution in [3.8, 4) is 0 Å². The Labute approximate surface area is 182 Å². The van der Waals surface area contributed by atoms with Crippen molar-refractivity contribution in [1.29, 1.82) is 0 Å². The first-order valence-electron chi connectivity index (χ1n) is 10.3. The predicted molar refractivity (Wildman–Crippen MR) is 129 cm³/mol. The van der Waals surface area contributed by atoms with E-state index in [-0.39, 0.29) is 6.17 Å². The van der Waals surface area contributed by atoms with Crippen LogP contribution in [-0.4, -0.2) is 16.4 Å². The topological polar surface area (TPSA) is 6.48 Å². The van der Waals surface area contributed by atoms with Crippen LogP contribution in [0.15, 0.2) is 121 Å². The fourth-order valence-electron chi connectivity index (χ4n) is 3.84. The average molecular weight is 406 g/mol. The molecule has 2 nitrogen and oxygen atoms in total. The first kappa shape index (κ1) is 20.0. The number of benzene rings is 4. The molecule has 0 amide bonds. The summed E-state index contributed by atoms with van der Waals surface area (Å²) in [7, 11) is 3.78. The van der Waals surface area contributed by atoms with Gasteiger partial charge in [0.15, 0.2) is 0 Å². The Morgan fingerprint density at radius 2 is 0.733 bits per heavy atom. The van der Waals surface area contributed by atoms with Crippen LogP contribution in [0.2, 0.25) is 6.04 Å². The van der Waals surface area contributed by atoms with Crippen molar-refractivity contribution in [2.75, 3.05) is 9.80 Å². The molecule has 147 valence electrons.